The molecule has 4 nitrogen and oxygen atoms in total. The monoisotopic (exact) mass is 312 g/mol. The Morgan fingerprint density at radius 2 is 1.91 bits per heavy atom. The predicted molar refractivity (Wildman–Crippen MR) is 96.8 cm³/mol. The molecule has 1 fully saturated rings. The molecule has 0 saturated carbocycles. The molecule has 22 heavy (non-hydrogen) atoms. The molecule has 4 unspecified atom stereocenters. The van der Waals surface area contributed by atoms with Crippen molar-refractivity contribution >= 4 is 0 Å². The summed E-state index contributed by atoms with van der Waals surface area (Å²) in [5.74, 6) is 0.784. The minimum Gasteiger partial charge on any atom is -0.326 e. The molecule has 0 radical (unpaired) electrons. The van der Waals surface area contributed by atoms with Gasteiger partial charge in [0.2, 0.25) is 0 Å². The summed E-state index contributed by atoms with van der Waals surface area (Å²) in [6.45, 7) is 8.69. The van der Waals surface area contributed by atoms with E-state index in [9.17, 15) is 0 Å². The van der Waals surface area contributed by atoms with Crippen LogP contribution in [0.2, 0.25) is 0 Å². The van der Waals surface area contributed by atoms with E-state index in [4.69, 9.17) is 5.73 Å². The number of nitrogens with one attached hydrogen (secondary N) is 2. The Labute approximate surface area is 138 Å². The number of likely N-dealkylation sites (N-methyl/N-ethyl adjacent to an activating group) is 2. The van der Waals surface area contributed by atoms with Crippen LogP contribution in [0.4, 0.5) is 0 Å². The average molecular weight is 313 g/mol. The highest BCUT2D eigenvalue weighted by atomic mass is 15.4. The number of hydrogen-bond donors (Lipinski definition) is 3. The van der Waals surface area contributed by atoms with Crippen LogP contribution >= 0.6 is 0 Å². The summed E-state index contributed by atoms with van der Waals surface area (Å²) in [4.78, 5) is 2.33. The molecule has 132 valence electrons. The van der Waals surface area contributed by atoms with Crippen molar-refractivity contribution in [2.45, 2.75) is 90.4 Å². The summed E-state index contributed by atoms with van der Waals surface area (Å²) >= 11 is 0. The van der Waals surface area contributed by atoms with E-state index in [1.54, 1.807) is 0 Å². The summed E-state index contributed by atoms with van der Waals surface area (Å²) in [6.07, 6.45) is 11.0. The van der Waals surface area contributed by atoms with Crippen molar-refractivity contribution in [3.8, 4) is 0 Å². The maximum Gasteiger partial charge on any atom is 0.0778 e. The van der Waals surface area contributed by atoms with Crippen LogP contribution in [0.15, 0.2) is 0 Å². The number of rotatable bonds is 12. The SMILES string of the molecule is CCCCCCCC(CC)CC(N)C1NCN(C)C1NCC. The Kier molecular flexibility index (Phi) is 10.3. The lowest BCUT2D eigenvalue weighted by Gasteiger charge is -2.30. The van der Waals surface area contributed by atoms with Gasteiger partial charge in [-0.3, -0.25) is 10.2 Å². The minimum atomic E-state index is 0.245. The van der Waals surface area contributed by atoms with Gasteiger partial charge in [0.05, 0.1) is 12.2 Å². The van der Waals surface area contributed by atoms with Crippen molar-refractivity contribution in [1.29, 1.82) is 0 Å². The van der Waals surface area contributed by atoms with E-state index >= 15 is 0 Å². The molecule has 0 amide bonds. The summed E-state index contributed by atoms with van der Waals surface area (Å²) < 4.78 is 0. The number of unbranched alkanes of at least 4 members (excludes halogenated alkanes) is 4. The highest BCUT2D eigenvalue weighted by molar-refractivity contribution is 4.94. The Bertz CT molecular complexity index is 272. The average Bonchev–Trinajstić information content (AvgIpc) is 2.87. The Balaban J connectivity index is 2.35. The van der Waals surface area contributed by atoms with Crippen molar-refractivity contribution in [3.63, 3.8) is 0 Å². The first-order valence-corrected chi connectivity index (χ1v) is 9.56. The molecule has 0 aromatic carbocycles. The molecule has 1 heterocycles. The van der Waals surface area contributed by atoms with E-state index < -0.39 is 0 Å². The molecule has 4 heteroatoms. The van der Waals surface area contributed by atoms with Crippen LogP contribution in [0, 0.1) is 5.92 Å². The smallest absolute Gasteiger partial charge is 0.0778 e. The summed E-state index contributed by atoms with van der Waals surface area (Å²) in [5.41, 5.74) is 6.56. The molecule has 0 spiro atoms. The van der Waals surface area contributed by atoms with Gasteiger partial charge in [0, 0.05) is 12.7 Å². The first kappa shape index (κ1) is 19.9. The third-order valence-electron chi connectivity index (χ3n) is 5.16. The van der Waals surface area contributed by atoms with Gasteiger partial charge in [-0.15, -0.1) is 0 Å². The van der Waals surface area contributed by atoms with E-state index in [2.05, 4.69) is 43.4 Å². The fourth-order valence-corrected chi connectivity index (χ4v) is 3.67. The molecule has 0 aromatic rings. The Morgan fingerprint density at radius 1 is 1.18 bits per heavy atom. The zero-order valence-electron chi connectivity index (χ0n) is 15.4. The molecule has 0 bridgehead atoms. The van der Waals surface area contributed by atoms with Crippen LogP contribution in [0.25, 0.3) is 0 Å². The normalized spacial score (nSPS) is 25.5. The van der Waals surface area contributed by atoms with Crippen LogP contribution < -0.4 is 16.4 Å². The molecule has 0 aromatic heterocycles. The highest BCUT2D eigenvalue weighted by Gasteiger charge is 2.35. The van der Waals surface area contributed by atoms with Gasteiger partial charge in [-0.1, -0.05) is 65.7 Å². The van der Waals surface area contributed by atoms with Crippen LogP contribution in [0.3, 0.4) is 0 Å². The second-order valence-corrected chi connectivity index (χ2v) is 7.02. The first-order chi connectivity index (χ1) is 10.6. The molecule has 1 rings (SSSR count). The number of nitrogens with two attached hydrogens (primary N) is 1. The maximum absolute atomic E-state index is 6.56. The second kappa shape index (κ2) is 11.4. The van der Waals surface area contributed by atoms with Crippen molar-refractivity contribution in [2.24, 2.45) is 11.7 Å². The summed E-state index contributed by atoms with van der Waals surface area (Å²) in [7, 11) is 2.16. The zero-order valence-corrected chi connectivity index (χ0v) is 15.4. The van der Waals surface area contributed by atoms with E-state index in [1.165, 1.54) is 44.9 Å². The van der Waals surface area contributed by atoms with Gasteiger partial charge in [-0.25, -0.2) is 0 Å². The topological polar surface area (TPSA) is 53.3 Å². The van der Waals surface area contributed by atoms with Crippen molar-refractivity contribution in [2.75, 3.05) is 20.3 Å². The molecule has 1 aliphatic heterocycles. The summed E-state index contributed by atoms with van der Waals surface area (Å²) in [5, 5.41) is 7.16. The first-order valence-electron chi connectivity index (χ1n) is 9.56. The third-order valence-corrected chi connectivity index (χ3v) is 5.16. The van der Waals surface area contributed by atoms with Crippen LogP contribution in [0.1, 0.15) is 72.1 Å². The van der Waals surface area contributed by atoms with Crippen molar-refractivity contribution in [3.05, 3.63) is 0 Å². The van der Waals surface area contributed by atoms with Crippen LogP contribution in [0.5, 0.6) is 0 Å². The zero-order chi connectivity index (χ0) is 16.4. The second-order valence-electron chi connectivity index (χ2n) is 7.02. The lowest BCUT2D eigenvalue weighted by Crippen LogP contribution is -2.54. The van der Waals surface area contributed by atoms with E-state index in [1.807, 2.05) is 0 Å². The molecular formula is C18H40N4. The van der Waals surface area contributed by atoms with Crippen LogP contribution in [-0.4, -0.2) is 43.4 Å². The minimum absolute atomic E-state index is 0.245. The van der Waals surface area contributed by atoms with Crippen LogP contribution in [-0.2, 0) is 0 Å². The largest absolute Gasteiger partial charge is 0.326 e. The van der Waals surface area contributed by atoms with Crippen molar-refractivity contribution in [1.82, 2.24) is 15.5 Å². The van der Waals surface area contributed by atoms with E-state index in [0.717, 1.165) is 25.6 Å². The molecule has 1 aliphatic rings. The van der Waals surface area contributed by atoms with Gasteiger partial charge >= 0.3 is 0 Å². The maximum atomic E-state index is 6.56. The number of nitrogens with zero attached hydrogens (tertiary/aromatic N) is 1. The van der Waals surface area contributed by atoms with Gasteiger partial charge in [-0.2, -0.15) is 0 Å². The molecule has 4 atom stereocenters. The van der Waals surface area contributed by atoms with Gasteiger partial charge < -0.3 is 11.1 Å². The molecule has 0 aliphatic carbocycles. The number of hydrogen-bond acceptors (Lipinski definition) is 4. The molecule has 4 N–H and O–H groups in total. The fourth-order valence-electron chi connectivity index (χ4n) is 3.67. The Morgan fingerprint density at radius 3 is 2.55 bits per heavy atom. The van der Waals surface area contributed by atoms with Gasteiger partial charge in [-0.05, 0) is 25.9 Å². The standard InChI is InChI=1S/C18H40N4/c1-5-8-9-10-11-12-15(6-2)13-16(19)17-18(20-7-3)22(4)14-21-17/h15-18,20-21H,5-14,19H2,1-4H3. The van der Waals surface area contributed by atoms with Gasteiger partial charge in [0.25, 0.3) is 0 Å². The quantitative estimate of drug-likeness (QED) is 0.485. The molecule has 1 saturated heterocycles. The lowest BCUT2D eigenvalue weighted by molar-refractivity contribution is 0.230. The van der Waals surface area contributed by atoms with Gasteiger partial charge in [0.15, 0.2) is 0 Å². The lowest BCUT2D eigenvalue weighted by atomic mass is 9.88. The van der Waals surface area contributed by atoms with Crippen molar-refractivity contribution < 1.29 is 0 Å². The predicted octanol–water partition coefficient (Wildman–Crippen LogP) is 2.89. The van der Waals surface area contributed by atoms with E-state index in [-0.39, 0.29) is 6.04 Å². The van der Waals surface area contributed by atoms with Gasteiger partial charge in [0.1, 0.15) is 0 Å². The highest BCUT2D eigenvalue weighted by Crippen LogP contribution is 2.22. The Hall–Kier alpha value is -0.160. The van der Waals surface area contributed by atoms with E-state index in [0.29, 0.717) is 12.2 Å². The third kappa shape index (κ3) is 6.53. The molecular weight excluding hydrogens is 272 g/mol. The summed E-state index contributed by atoms with van der Waals surface area (Å²) in [6, 6.07) is 0.619. The fraction of sp³-hybridized carbons (Fsp3) is 1.00.